The number of aromatic nitrogens is 2. The summed E-state index contributed by atoms with van der Waals surface area (Å²) in [5.74, 6) is 2.15. The van der Waals surface area contributed by atoms with Gasteiger partial charge in [0.2, 0.25) is 11.8 Å². The van der Waals surface area contributed by atoms with Crippen LogP contribution in [0.25, 0.3) is 0 Å². The fraction of sp³-hybridized carbons (Fsp3) is 0.529. The maximum atomic E-state index is 12.4. The van der Waals surface area contributed by atoms with E-state index in [-0.39, 0.29) is 23.8 Å². The summed E-state index contributed by atoms with van der Waals surface area (Å²) in [5, 5.41) is 3.79. The first-order valence-corrected chi connectivity index (χ1v) is 8.52. The number of likely N-dealkylation sites (tertiary alicyclic amines) is 2. The van der Waals surface area contributed by atoms with Crippen molar-refractivity contribution in [3.05, 3.63) is 35.4 Å². The molecule has 0 N–H and O–H groups in total. The quantitative estimate of drug-likeness (QED) is 0.832. The molecule has 132 valence electrons. The molecule has 0 saturated carbocycles. The lowest BCUT2D eigenvalue weighted by Gasteiger charge is -2.43. The average Bonchev–Trinajstić information content (AvgIpc) is 3.26. The van der Waals surface area contributed by atoms with E-state index in [0.29, 0.717) is 43.5 Å². The van der Waals surface area contributed by atoms with Gasteiger partial charge in [-0.1, -0.05) is 12.1 Å². The molecule has 2 aliphatic rings. The molecule has 4 heterocycles. The van der Waals surface area contributed by atoms with Gasteiger partial charge >= 0.3 is 0 Å². The van der Waals surface area contributed by atoms with Crippen molar-refractivity contribution in [2.75, 3.05) is 19.6 Å². The zero-order chi connectivity index (χ0) is 17.6. The van der Waals surface area contributed by atoms with Gasteiger partial charge in [-0.05, 0) is 19.1 Å². The van der Waals surface area contributed by atoms with E-state index < -0.39 is 0 Å². The van der Waals surface area contributed by atoms with E-state index in [1.807, 2.05) is 17.9 Å². The smallest absolute Gasteiger partial charge is 0.289 e. The fourth-order valence-corrected chi connectivity index (χ4v) is 3.39. The van der Waals surface area contributed by atoms with Crippen LogP contribution in [0.2, 0.25) is 0 Å². The van der Waals surface area contributed by atoms with Gasteiger partial charge in [0.05, 0.1) is 12.0 Å². The Morgan fingerprint density at radius 1 is 1.32 bits per heavy atom. The van der Waals surface area contributed by atoms with Crippen LogP contribution in [0, 0.1) is 6.92 Å². The van der Waals surface area contributed by atoms with Crippen molar-refractivity contribution in [3.63, 3.8) is 0 Å². The second-order valence-corrected chi connectivity index (χ2v) is 6.61. The molecule has 8 nitrogen and oxygen atoms in total. The Bertz CT molecular complexity index is 805. The van der Waals surface area contributed by atoms with Crippen molar-refractivity contribution in [2.24, 2.45) is 0 Å². The van der Waals surface area contributed by atoms with E-state index in [4.69, 9.17) is 8.94 Å². The van der Waals surface area contributed by atoms with Crippen molar-refractivity contribution in [2.45, 2.75) is 38.6 Å². The Kier molecular flexibility index (Phi) is 3.82. The van der Waals surface area contributed by atoms with E-state index in [1.165, 1.54) is 0 Å². The minimum absolute atomic E-state index is 0.0473. The molecule has 0 aromatic carbocycles. The highest BCUT2D eigenvalue weighted by molar-refractivity contribution is 5.92. The van der Waals surface area contributed by atoms with Crippen LogP contribution in [0.4, 0.5) is 0 Å². The Morgan fingerprint density at radius 3 is 2.76 bits per heavy atom. The molecule has 0 aliphatic carbocycles. The standard InChI is InChI=1S/C17H20N4O4/c1-3-13-4-5-14(24-13)17(23)20-8-12(9-20)21-7-11(6-15(21)22)16-18-10(2)19-25-16/h4-5,11-12H,3,6-9H2,1-2H3. The number of rotatable bonds is 4. The summed E-state index contributed by atoms with van der Waals surface area (Å²) in [7, 11) is 0. The van der Waals surface area contributed by atoms with Gasteiger partial charge in [0.1, 0.15) is 5.76 Å². The third-order valence-corrected chi connectivity index (χ3v) is 4.86. The predicted molar refractivity (Wildman–Crippen MR) is 85.9 cm³/mol. The summed E-state index contributed by atoms with van der Waals surface area (Å²) < 4.78 is 10.7. The third kappa shape index (κ3) is 2.81. The van der Waals surface area contributed by atoms with Crippen molar-refractivity contribution < 1.29 is 18.5 Å². The molecule has 2 aromatic rings. The van der Waals surface area contributed by atoms with Crippen molar-refractivity contribution in [1.82, 2.24) is 19.9 Å². The molecule has 2 aromatic heterocycles. The van der Waals surface area contributed by atoms with Gasteiger partial charge in [-0.2, -0.15) is 4.98 Å². The first-order chi connectivity index (χ1) is 12.0. The second-order valence-electron chi connectivity index (χ2n) is 6.61. The van der Waals surface area contributed by atoms with Crippen LogP contribution in [0.1, 0.15) is 47.3 Å². The maximum Gasteiger partial charge on any atom is 0.289 e. The molecule has 1 atom stereocenters. The van der Waals surface area contributed by atoms with E-state index >= 15 is 0 Å². The highest BCUT2D eigenvalue weighted by Crippen LogP contribution is 2.31. The van der Waals surface area contributed by atoms with Gasteiger partial charge in [0, 0.05) is 32.5 Å². The molecular weight excluding hydrogens is 324 g/mol. The summed E-state index contributed by atoms with van der Waals surface area (Å²) in [6.45, 7) is 5.36. The van der Waals surface area contributed by atoms with Crippen LogP contribution in [0.3, 0.4) is 0 Å². The summed E-state index contributed by atoms with van der Waals surface area (Å²) in [6.07, 6.45) is 1.14. The third-order valence-electron chi connectivity index (χ3n) is 4.86. The Hall–Kier alpha value is -2.64. The largest absolute Gasteiger partial charge is 0.456 e. The Balaban J connectivity index is 1.35. The Morgan fingerprint density at radius 2 is 2.12 bits per heavy atom. The molecular formula is C17H20N4O4. The molecule has 2 saturated heterocycles. The molecule has 2 amide bonds. The maximum absolute atomic E-state index is 12.4. The van der Waals surface area contributed by atoms with E-state index in [1.54, 1.807) is 17.9 Å². The van der Waals surface area contributed by atoms with Crippen LogP contribution < -0.4 is 0 Å². The number of carbonyl (C=O) groups is 2. The zero-order valence-corrected chi connectivity index (χ0v) is 14.3. The average molecular weight is 344 g/mol. The summed E-state index contributed by atoms with van der Waals surface area (Å²) >= 11 is 0. The van der Waals surface area contributed by atoms with Crippen molar-refractivity contribution >= 4 is 11.8 Å². The normalized spacial score (nSPS) is 21.0. The lowest BCUT2D eigenvalue weighted by Crippen LogP contribution is -2.61. The highest BCUT2D eigenvalue weighted by atomic mass is 16.5. The van der Waals surface area contributed by atoms with Crippen LogP contribution in [-0.4, -0.2) is 57.4 Å². The SMILES string of the molecule is CCc1ccc(C(=O)N2CC(N3CC(c4nc(C)no4)CC3=O)C2)o1. The van der Waals surface area contributed by atoms with Gasteiger partial charge in [-0.15, -0.1) is 0 Å². The number of nitrogens with zero attached hydrogens (tertiary/aromatic N) is 4. The summed E-state index contributed by atoms with van der Waals surface area (Å²) in [4.78, 5) is 32.4. The van der Waals surface area contributed by atoms with E-state index in [9.17, 15) is 9.59 Å². The molecule has 0 spiro atoms. The molecule has 1 unspecified atom stereocenters. The number of hydrogen-bond acceptors (Lipinski definition) is 6. The lowest BCUT2D eigenvalue weighted by molar-refractivity contribution is -0.132. The van der Waals surface area contributed by atoms with Crippen LogP contribution in [0.15, 0.2) is 21.1 Å². The van der Waals surface area contributed by atoms with E-state index in [0.717, 1.165) is 12.2 Å². The Labute approximate surface area is 144 Å². The van der Waals surface area contributed by atoms with Crippen molar-refractivity contribution in [1.29, 1.82) is 0 Å². The lowest BCUT2D eigenvalue weighted by atomic mass is 10.1. The van der Waals surface area contributed by atoms with Crippen molar-refractivity contribution in [3.8, 4) is 0 Å². The van der Waals surface area contributed by atoms with Crippen LogP contribution in [0.5, 0.6) is 0 Å². The fourth-order valence-electron chi connectivity index (χ4n) is 3.39. The van der Waals surface area contributed by atoms with Gasteiger partial charge < -0.3 is 18.7 Å². The van der Waals surface area contributed by atoms with Gasteiger partial charge in [-0.25, -0.2) is 0 Å². The van der Waals surface area contributed by atoms with Gasteiger partial charge in [-0.3, -0.25) is 9.59 Å². The van der Waals surface area contributed by atoms with Crippen LogP contribution >= 0.6 is 0 Å². The van der Waals surface area contributed by atoms with Gasteiger partial charge in [0.15, 0.2) is 11.6 Å². The number of amides is 2. The molecule has 25 heavy (non-hydrogen) atoms. The first kappa shape index (κ1) is 15.9. The molecule has 0 radical (unpaired) electrons. The molecule has 4 rings (SSSR count). The highest BCUT2D eigenvalue weighted by Gasteiger charge is 2.43. The topological polar surface area (TPSA) is 92.7 Å². The number of hydrogen-bond donors (Lipinski definition) is 0. The predicted octanol–water partition coefficient (Wildman–Crippen LogP) is 1.37. The summed E-state index contributed by atoms with van der Waals surface area (Å²) in [6, 6.07) is 3.58. The summed E-state index contributed by atoms with van der Waals surface area (Å²) in [5.41, 5.74) is 0. The molecule has 2 aliphatic heterocycles. The molecule has 0 bridgehead atoms. The number of furan rings is 1. The van der Waals surface area contributed by atoms with Crippen LogP contribution in [-0.2, 0) is 11.2 Å². The molecule has 8 heteroatoms. The van der Waals surface area contributed by atoms with E-state index in [2.05, 4.69) is 10.1 Å². The monoisotopic (exact) mass is 344 g/mol. The number of carbonyl (C=O) groups excluding carboxylic acids is 2. The first-order valence-electron chi connectivity index (χ1n) is 8.52. The number of aryl methyl sites for hydroxylation is 2. The minimum atomic E-state index is -0.119. The second kappa shape index (κ2) is 6.02. The van der Waals surface area contributed by atoms with Gasteiger partial charge in [0.25, 0.3) is 5.91 Å². The zero-order valence-electron chi connectivity index (χ0n) is 14.3. The minimum Gasteiger partial charge on any atom is -0.456 e. The molecule has 2 fully saturated rings.